The lowest BCUT2D eigenvalue weighted by atomic mass is 10.1. The topological polar surface area (TPSA) is 177 Å². The van der Waals surface area contributed by atoms with Gasteiger partial charge < -0.3 is 9.72 Å². The van der Waals surface area contributed by atoms with Crippen LogP contribution in [0.2, 0.25) is 5.02 Å². The van der Waals surface area contributed by atoms with Crippen LogP contribution in [0.3, 0.4) is 0 Å². The SMILES string of the molecule is CCCOc1ccc(S(=O)(=O)N2CCN(C(C)C)CC2)cc1-c1[nH]c2c(c1Cl)n(CCC)c(=O)n1cnnc21.O=c1nccc2n1CN=N2. The van der Waals surface area contributed by atoms with E-state index < -0.39 is 10.0 Å². The first-order chi connectivity index (χ1) is 23.6. The summed E-state index contributed by atoms with van der Waals surface area (Å²) in [6.07, 6.45) is 4.29. The monoisotopic (exact) mass is 711 g/mol. The summed E-state index contributed by atoms with van der Waals surface area (Å²) in [5.41, 5.74) is 1.76. The number of nitrogens with zero attached hydrogens (tertiary/aromatic N) is 10. The number of ether oxygens (including phenoxy) is 1. The number of sulfonamides is 1. The van der Waals surface area contributed by atoms with Crippen molar-refractivity contribution in [3.63, 3.8) is 0 Å². The van der Waals surface area contributed by atoms with Crippen LogP contribution >= 0.6 is 11.6 Å². The first-order valence-corrected chi connectivity index (χ1v) is 18.0. The van der Waals surface area contributed by atoms with Crippen molar-refractivity contribution in [3.05, 3.63) is 62.8 Å². The van der Waals surface area contributed by atoms with E-state index in [1.165, 1.54) is 25.8 Å². The van der Waals surface area contributed by atoms with Crippen LogP contribution in [0.5, 0.6) is 5.75 Å². The molecule has 2 aliphatic heterocycles. The Balaban J connectivity index is 0.000000353. The Morgan fingerprint density at radius 1 is 1.06 bits per heavy atom. The highest BCUT2D eigenvalue weighted by molar-refractivity contribution is 7.89. The second-order valence-corrected chi connectivity index (χ2v) is 14.2. The standard InChI is InChI=1S/C26H34ClN7O4S.C5H4N4O/c1-5-9-33-24-21(27)22(29-23(24)25-30-28-16-34(25)26(33)35)19-15-18(7-8-20(19)38-14-6-2)39(36,37)32-12-10-31(11-13-32)17(3)4;10-5-6-2-1-4-8-7-3-9(4)5/h7-8,15-17,29H,5-6,9-14H2,1-4H3;1-2H,3H2. The summed E-state index contributed by atoms with van der Waals surface area (Å²) in [7, 11) is -3.76. The highest BCUT2D eigenvalue weighted by atomic mass is 35.5. The van der Waals surface area contributed by atoms with E-state index in [0.29, 0.717) is 103 Å². The molecule has 5 aromatic rings. The van der Waals surface area contributed by atoms with Crippen molar-refractivity contribution in [2.24, 2.45) is 10.2 Å². The van der Waals surface area contributed by atoms with E-state index in [0.717, 1.165) is 6.42 Å². The van der Waals surface area contributed by atoms with Crippen LogP contribution in [-0.4, -0.2) is 90.2 Å². The Bertz CT molecular complexity index is 2250. The molecule has 49 heavy (non-hydrogen) atoms. The molecule has 0 bridgehead atoms. The number of H-pyrrole nitrogens is 1. The molecule has 0 radical (unpaired) electrons. The van der Waals surface area contributed by atoms with Gasteiger partial charge in [0, 0.05) is 56.6 Å². The molecule has 1 aromatic carbocycles. The maximum atomic E-state index is 13.7. The Morgan fingerprint density at radius 2 is 1.84 bits per heavy atom. The average Bonchev–Trinajstić information content (AvgIpc) is 3.86. The number of aryl methyl sites for hydroxylation is 1. The lowest BCUT2D eigenvalue weighted by Gasteiger charge is -2.36. The van der Waals surface area contributed by atoms with E-state index in [4.69, 9.17) is 16.3 Å². The van der Waals surface area contributed by atoms with Crippen LogP contribution in [0.4, 0.5) is 5.82 Å². The molecule has 7 rings (SSSR count). The second-order valence-electron chi connectivity index (χ2n) is 11.9. The zero-order chi connectivity index (χ0) is 34.9. The molecule has 0 spiro atoms. The summed E-state index contributed by atoms with van der Waals surface area (Å²) in [6, 6.07) is 6.88. The number of azo groups is 1. The zero-order valence-corrected chi connectivity index (χ0v) is 29.3. The van der Waals surface area contributed by atoms with Gasteiger partial charge in [-0.3, -0.25) is 14.0 Å². The fraction of sp³-hybridized carbons (Fsp3) is 0.452. The number of fused-ring (bicyclic) bond motifs is 4. The zero-order valence-electron chi connectivity index (χ0n) is 27.7. The van der Waals surface area contributed by atoms with Gasteiger partial charge in [0.15, 0.2) is 11.5 Å². The van der Waals surface area contributed by atoms with Gasteiger partial charge in [0.05, 0.1) is 27.7 Å². The Kier molecular flexibility index (Phi) is 9.96. The molecule has 16 nitrogen and oxygen atoms in total. The largest absolute Gasteiger partial charge is 0.493 e. The number of aromatic amines is 1. The molecule has 4 aromatic heterocycles. The minimum atomic E-state index is -3.76. The summed E-state index contributed by atoms with van der Waals surface area (Å²) in [6.45, 7) is 11.6. The fourth-order valence-electron chi connectivity index (χ4n) is 5.90. The molecule has 0 atom stereocenters. The van der Waals surface area contributed by atoms with Crippen LogP contribution in [-0.2, 0) is 23.2 Å². The second kappa shape index (κ2) is 14.2. The summed E-state index contributed by atoms with van der Waals surface area (Å²) in [4.78, 5) is 33.3. The van der Waals surface area contributed by atoms with Crippen LogP contribution < -0.4 is 16.1 Å². The molecule has 1 saturated heterocycles. The third-order valence-electron chi connectivity index (χ3n) is 8.46. The van der Waals surface area contributed by atoms with Crippen molar-refractivity contribution in [1.82, 2.24) is 42.9 Å². The predicted molar refractivity (Wildman–Crippen MR) is 184 cm³/mol. The average molecular weight is 712 g/mol. The van der Waals surface area contributed by atoms with Gasteiger partial charge >= 0.3 is 11.4 Å². The first kappa shape index (κ1) is 34.4. The van der Waals surface area contributed by atoms with E-state index in [-0.39, 0.29) is 16.3 Å². The summed E-state index contributed by atoms with van der Waals surface area (Å²) < 4.78 is 39.3. The molecular weight excluding hydrogens is 674 g/mol. The van der Waals surface area contributed by atoms with Gasteiger partial charge in [-0.2, -0.15) is 9.42 Å². The first-order valence-electron chi connectivity index (χ1n) is 16.1. The third kappa shape index (κ3) is 6.50. The summed E-state index contributed by atoms with van der Waals surface area (Å²) in [5.74, 6) is 1.08. The van der Waals surface area contributed by atoms with Gasteiger partial charge in [0.25, 0.3) is 0 Å². The van der Waals surface area contributed by atoms with Crippen molar-refractivity contribution >= 4 is 44.1 Å². The van der Waals surface area contributed by atoms with Crippen LogP contribution in [0, 0.1) is 0 Å². The number of rotatable bonds is 9. The molecule has 0 amide bonds. The number of hydrogen-bond donors (Lipinski definition) is 1. The van der Waals surface area contributed by atoms with Crippen molar-refractivity contribution in [3.8, 4) is 17.0 Å². The van der Waals surface area contributed by atoms with E-state index in [2.05, 4.69) is 49.1 Å². The van der Waals surface area contributed by atoms with Crippen molar-refractivity contribution < 1.29 is 13.2 Å². The number of hydrogen-bond acceptors (Lipinski definition) is 11. The van der Waals surface area contributed by atoms with Gasteiger partial charge in [-0.15, -0.1) is 15.3 Å². The number of benzene rings is 1. The molecule has 0 unspecified atom stereocenters. The molecule has 0 saturated carbocycles. The lowest BCUT2D eigenvalue weighted by Crippen LogP contribution is -2.50. The minimum absolute atomic E-state index is 0.160. The molecule has 260 valence electrons. The van der Waals surface area contributed by atoms with E-state index in [1.807, 2.05) is 13.8 Å². The maximum absolute atomic E-state index is 13.7. The quantitative estimate of drug-likeness (QED) is 0.237. The molecule has 1 fully saturated rings. The molecule has 2 aliphatic rings. The Labute approximate surface area is 287 Å². The van der Waals surface area contributed by atoms with Crippen molar-refractivity contribution in [2.75, 3.05) is 32.8 Å². The summed E-state index contributed by atoms with van der Waals surface area (Å²) in [5, 5.41) is 15.7. The molecule has 6 heterocycles. The number of aromatic nitrogens is 7. The van der Waals surface area contributed by atoms with Crippen LogP contribution in [0.25, 0.3) is 27.9 Å². The minimum Gasteiger partial charge on any atom is -0.493 e. The smallest absolute Gasteiger partial charge is 0.350 e. The van der Waals surface area contributed by atoms with Gasteiger partial charge in [-0.25, -0.2) is 27.4 Å². The van der Waals surface area contributed by atoms with E-state index >= 15 is 0 Å². The summed E-state index contributed by atoms with van der Waals surface area (Å²) >= 11 is 6.97. The van der Waals surface area contributed by atoms with Gasteiger partial charge in [0.2, 0.25) is 10.0 Å². The maximum Gasteiger partial charge on any atom is 0.350 e. The third-order valence-corrected chi connectivity index (χ3v) is 10.7. The highest BCUT2D eigenvalue weighted by Crippen LogP contribution is 2.41. The highest BCUT2D eigenvalue weighted by Gasteiger charge is 2.31. The Morgan fingerprint density at radius 3 is 2.53 bits per heavy atom. The van der Waals surface area contributed by atoms with Crippen molar-refractivity contribution in [1.29, 1.82) is 0 Å². The molecule has 0 aliphatic carbocycles. The molecular formula is C31H38ClN11O5S. The normalized spacial score (nSPS) is 15.2. The van der Waals surface area contributed by atoms with Gasteiger partial charge in [0.1, 0.15) is 24.3 Å². The van der Waals surface area contributed by atoms with Crippen LogP contribution in [0.15, 0.2) is 61.5 Å². The van der Waals surface area contributed by atoms with E-state index in [1.54, 1.807) is 28.8 Å². The number of piperazine rings is 1. The van der Waals surface area contributed by atoms with E-state index in [9.17, 15) is 18.0 Å². The fourth-order valence-corrected chi connectivity index (χ4v) is 7.69. The van der Waals surface area contributed by atoms with Gasteiger partial charge in [-0.1, -0.05) is 25.4 Å². The molecule has 18 heteroatoms. The Hall–Kier alpha value is -4.45. The van der Waals surface area contributed by atoms with Crippen LogP contribution in [0.1, 0.15) is 40.5 Å². The van der Waals surface area contributed by atoms with Crippen molar-refractivity contribution in [2.45, 2.75) is 64.7 Å². The predicted octanol–water partition coefficient (Wildman–Crippen LogP) is 3.90. The number of nitrogens with one attached hydrogen (secondary N) is 1. The number of halogens is 1. The molecule has 1 N–H and O–H groups in total. The lowest BCUT2D eigenvalue weighted by molar-refractivity contribution is 0.154. The van der Waals surface area contributed by atoms with Gasteiger partial charge in [-0.05, 0) is 44.9 Å².